The molecule has 1 N–H and O–H groups in total. The molecule has 1 aliphatic heterocycles. The van der Waals surface area contributed by atoms with Gasteiger partial charge in [-0.15, -0.1) is 0 Å². The Balaban J connectivity index is 2.24. The summed E-state index contributed by atoms with van der Waals surface area (Å²) < 4.78 is 0. The lowest BCUT2D eigenvalue weighted by molar-refractivity contribution is -0.109. The van der Waals surface area contributed by atoms with Crippen LogP contribution in [0.15, 0.2) is 0 Å². The van der Waals surface area contributed by atoms with Crippen LogP contribution in [0.4, 0.5) is 0 Å². The SMILES string of the molecule is O=CC1CCCCCCCN1. The van der Waals surface area contributed by atoms with Crippen LogP contribution in [0.2, 0.25) is 0 Å². The minimum atomic E-state index is 0.132. The molecule has 1 saturated heterocycles. The average molecular weight is 155 g/mol. The summed E-state index contributed by atoms with van der Waals surface area (Å²) in [7, 11) is 0. The predicted molar refractivity (Wildman–Crippen MR) is 45.6 cm³/mol. The van der Waals surface area contributed by atoms with E-state index in [4.69, 9.17) is 0 Å². The molecule has 2 heteroatoms. The molecule has 1 rings (SSSR count). The van der Waals surface area contributed by atoms with Crippen molar-refractivity contribution in [1.29, 1.82) is 0 Å². The minimum Gasteiger partial charge on any atom is -0.308 e. The molecule has 11 heavy (non-hydrogen) atoms. The summed E-state index contributed by atoms with van der Waals surface area (Å²) in [4.78, 5) is 10.5. The number of carbonyl (C=O) groups is 1. The van der Waals surface area contributed by atoms with E-state index in [9.17, 15) is 4.79 Å². The molecule has 0 aromatic carbocycles. The molecule has 0 bridgehead atoms. The summed E-state index contributed by atoms with van der Waals surface area (Å²) in [6, 6.07) is 0.132. The fourth-order valence-electron chi connectivity index (χ4n) is 1.53. The number of nitrogens with one attached hydrogen (secondary N) is 1. The molecule has 1 unspecified atom stereocenters. The van der Waals surface area contributed by atoms with Gasteiger partial charge in [-0.2, -0.15) is 0 Å². The molecule has 1 fully saturated rings. The van der Waals surface area contributed by atoms with Gasteiger partial charge in [0.2, 0.25) is 0 Å². The first-order valence-corrected chi connectivity index (χ1v) is 4.62. The summed E-state index contributed by atoms with van der Waals surface area (Å²) in [5, 5.41) is 3.24. The van der Waals surface area contributed by atoms with E-state index in [-0.39, 0.29) is 6.04 Å². The topological polar surface area (TPSA) is 29.1 Å². The zero-order valence-electron chi connectivity index (χ0n) is 7.01. The van der Waals surface area contributed by atoms with E-state index >= 15 is 0 Å². The molecule has 0 aromatic heterocycles. The average Bonchev–Trinajstić information content (AvgIpc) is 2.16. The van der Waals surface area contributed by atoms with E-state index in [1.807, 2.05) is 0 Å². The number of hydrogen-bond donors (Lipinski definition) is 1. The van der Waals surface area contributed by atoms with E-state index in [0.717, 1.165) is 19.3 Å². The number of carbonyl (C=O) groups excluding carboxylic acids is 1. The smallest absolute Gasteiger partial charge is 0.136 e. The van der Waals surface area contributed by atoms with E-state index in [2.05, 4.69) is 5.32 Å². The highest BCUT2D eigenvalue weighted by atomic mass is 16.1. The molecule has 64 valence electrons. The van der Waals surface area contributed by atoms with E-state index in [1.165, 1.54) is 32.1 Å². The lowest BCUT2D eigenvalue weighted by atomic mass is 10.1. The summed E-state index contributed by atoms with van der Waals surface area (Å²) in [6.07, 6.45) is 8.47. The molecule has 0 radical (unpaired) electrons. The second-order valence-corrected chi connectivity index (χ2v) is 3.25. The van der Waals surface area contributed by atoms with Gasteiger partial charge in [0.25, 0.3) is 0 Å². The normalized spacial score (nSPS) is 28.2. The van der Waals surface area contributed by atoms with Crippen LogP contribution in [0, 0.1) is 0 Å². The Morgan fingerprint density at radius 2 is 1.82 bits per heavy atom. The van der Waals surface area contributed by atoms with Gasteiger partial charge in [0.15, 0.2) is 0 Å². The Morgan fingerprint density at radius 1 is 1.09 bits per heavy atom. The van der Waals surface area contributed by atoms with Crippen LogP contribution in [0.3, 0.4) is 0 Å². The second kappa shape index (κ2) is 5.30. The van der Waals surface area contributed by atoms with Crippen molar-refractivity contribution in [2.75, 3.05) is 6.54 Å². The molecule has 2 nitrogen and oxygen atoms in total. The number of rotatable bonds is 1. The van der Waals surface area contributed by atoms with Gasteiger partial charge < -0.3 is 10.1 Å². The summed E-state index contributed by atoms with van der Waals surface area (Å²) in [6.45, 7) is 1.02. The first kappa shape index (κ1) is 8.72. The minimum absolute atomic E-state index is 0.132. The molecule has 0 aliphatic carbocycles. The quantitative estimate of drug-likeness (QED) is 0.581. The summed E-state index contributed by atoms with van der Waals surface area (Å²) in [5.41, 5.74) is 0. The highest BCUT2D eigenvalue weighted by molar-refractivity contribution is 5.57. The molecular weight excluding hydrogens is 138 g/mol. The first-order chi connectivity index (χ1) is 5.43. The number of aldehydes is 1. The van der Waals surface area contributed by atoms with Gasteiger partial charge in [-0.1, -0.05) is 25.7 Å². The van der Waals surface area contributed by atoms with Gasteiger partial charge >= 0.3 is 0 Å². The Bertz CT molecular complexity index is 104. The standard InChI is InChI=1S/C9H17NO/c11-8-9-6-4-2-1-3-5-7-10-9/h8-10H,1-7H2. The molecule has 1 heterocycles. The summed E-state index contributed by atoms with van der Waals surface area (Å²) in [5.74, 6) is 0. The first-order valence-electron chi connectivity index (χ1n) is 4.62. The van der Waals surface area contributed by atoms with E-state index < -0.39 is 0 Å². The molecule has 0 aromatic rings. The maximum absolute atomic E-state index is 10.5. The Kier molecular flexibility index (Phi) is 4.21. The Hall–Kier alpha value is -0.370. The highest BCUT2D eigenvalue weighted by Gasteiger charge is 2.06. The van der Waals surface area contributed by atoms with Crippen LogP contribution in [0.5, 0.6) is 0 Å². The van der Waals surface area contributed by atoms with Crippen molar-refractivity contribution in [2.24, 2.45) is 0 Å². The lowest BCUT2D eigenvalue weighted by Crippen LogP contribution is -2.30. The molecule has 1 aliphatic rings. The highest BCUT2D eigenvalue weighted by Crippen LogP contribution is 2.08. The van der Waals surface area contributed by atoms with Crippen molar-refractivity contribution in [3.05, 3.63) is 0 Å². The van der Waals surface area contributed by atoms with E-state index in [0.29, 0.717) is 0 Å². The van der Waals surface area contributed by atoms with Gasteiger partial charge in [0.05, 0.1) is 6.04 Å². The van der Waals surface area contributed by atoms with Gasteiger partial charge in [-0.05, 0) is 19.4 Å². The molecule has 0 amide bonds. The molecule has 1 atom stereocenters. The van der Waals surface area contributed by atoms with Crippen LogP contribution in [0.1, 0.15) is 38.5 Å². The van der Waals surface area contributed by atoms with Crippen LogP contribution < -0.4 is 5.32 Å². The molecule has 0 saturated carbocycles. The molecular formula is C9H17NO. The van der Waals surface area contributed by atoms with Crippen LogP contribution in [-0.2, 0) is 4.79 Å². The zero-order chi connectivity index (χ0) is 7.94. The zero-order valence-corrected chi connectivity index (χ0v) is 7.01. The largest absolute Gasteiger partial charge is 0.308 e. The predicted octanol–water partition coefficient (Wildman–Crippen LogP) is 1.50. The van der Waals surface area contributed by atoms with Crippen molar-refractivity contribution in [3.8, 4) is 0 Å². The van der Waals surface area contributed by atoms with Gasteiger partial charge in [-0.25, -0.2) is 0 Å². The van der Waals surface area contributed by atoms with Crippen molar-refractivity contribution in [2.45, 2.75) is 44.6 Å². The third kappa shape index (κ3) is 3.51. The second-order valence-electron chi connectivity index (χ2n) is 3.25. The maximum atomic E-state index is 10.5. The van der Waals surface area contributed by atoms with Crippen LogP contribution in [-0.4, -0.2) is 18.9 Å². The Morgan fingerprint density at radius 3 is 2.64 bits per heavy atom. The van der Waals surface area contributed by atoms with Crippen molar-refractivity contribution >= 4 is 6.29 Å². The van der Waals surface area contributed by atoms with Gasteiger partial charge in [-0.3, -0.25) is 0 Å². The third-order valence-corrected chi connectivity index (χ3v) is 2.26. The van der Waals surface area contributed by atoms with Crippen LogP contribution in [0.25, 0.3) is 0 Å². The fourth-order valence-corrected chi connectivity index (χ4v) is 1.53. The van der Waals surface area contributed by atoms with Crippen molar-refractivity contribution in [3.63, 3.8) is 0 Å². The monoisotopic (exact) mass is 155 g/mol. The van der Waals surface area contributed by atoms with Gasteiger partial charge in [0, 0.05) is 0 Å². The fraction of sp³-hybridized carbons (Fsp3) is 0.889. The third-order valence-electron chi connectivity index (χ3n) is 2.26. The number of hydrogen-bond acceptors (Lipinski definition) is 2. The van der Waals surface area contributed by atoms with E-state index in [1.54, 1.807) is 0 Å². The van der Waals surface area contributed by atoms with Gasteiger partial charge in [0.1, 0.15) is 6.29 Å². The molecule has 0 spiro atoms. The van der Waals surface area contributed by atoms with Crippen molar-refractivity contribution < 1.29 is 4.79 Å². The maximum Gasteiger partial charge on any atom is 0.136 e. The Labute approximate surface area is 68.4 Å². The summed E-state index contributed by atoms with van der Waals surface area (Å²) >= 11 is 0. The van der Waals surface area contributed by atoms with Crippen LogP contribution >= 0.6 is 0 Å². The lowest BCUT2D eigenvalue weighted by Gasteiger charge is -2.09. The van der Waals surface area contributed by atoms with Crippen molar-refractivity contribution in [1.82, 2.24) is 5.32 Å².